The zero-order valence-corrected chi connectivity index (χ0v) is 20.5. The summed E-state index contributed by atoms with van der Waals surface area (Å²) < 4.78 is 10.0. The van der Waals surface area contributed by atoms with E-state index in [1.807, 2.05) is 0 Å². The molecule has 2 amide bonds. The SMILES string of the molecule is COC(=O)c1ccc(CN(CC(=O)O)Cc2cc(C(=O)NCc3ccc4c(c3)NC(=O)CO4)ncn2)cc1. The summed E-state index contributed by atoms with van der Waals surface area (Å²) in [4.78, 5) is 57.2. The molecule has 0 saturated heterocycles. The van der Waals surface area contributed by atoms with Crippen molar-refractivity contribution in [3.63, 3.8) is 0 Å². The maximum atomic E-state index is 12.7. The maximum absolute atomic E-state index is 12.7. The van der Waals surface area contributed by atoms with Gasteiger partial charge in [-0.3, -0.25) is 19.3 Å². The smallest absolute Gasteiger partial charge is 0.337 e. The molecule has 1 aromatic heterocycles. The normalized spacial score (nSPS) is 12.2. The van der Waals surface area contributed by atoms with Crippen molar-refractivity contribution in [1.29, 1.82) is 0 Å². The van der Waals surface area contributed by atoms with Crippen LogP contribution in [0.15, 0.2) is 54.9 Å². The first kappa shape index (κ1) is 26.2. The van der Waals surface area contributed by atoms with Crippen molar-refractivity contribution in [3.05, 3.63) is 82.9 Å². The average Bonchev–Trinajstić information content (AvgIpc) is 2.91. The van der Waals surface area contributed by atoms with Gasteiger partial charge in [0.1, 0.15) is 17.8 Å². The van der Waals surface area contributed by atoms with Crippen LogP contribution in [0.1, 0.15) is 37.7 Å². The van der Waals surface area contributed by atoms with Crippen LogP contribution in [0.4, 0.5) is 5.69 Å². The Labute approximate surface area is 217 Å². The minimum atomic E-state index is -1.02. The van der Waals surface area contributed by atoms with Gasteiger partial charge in [0, 0.05) is 19.6 Å². The molecule has 0 atom stereocenters. The third-order valence-corrected chi connectivity index (χ3v) is 5.61. The number of benzene rings is 2. The second kappa shape index (κ2) is 11.9. The van der Waals surface area contributed by atoms with E-state index < -0.39 is 17.8 Å². The Kier molecular flexibility index (Phi) is 8.23. The lowest BCUT2D eigenvalue weighted by atomic mass is 10.1. The number of fused-ring (bicyclic) bond motifs is 1. The van der Waals surface area contributed by atoms with Crippen molar-refractivity contribution in [1.82, 2.24) is 20.2 Å². The summed E-state index contributed by atoms with van der Waals surface area (Å²) in [5.74, 6) is -1.60. The van der Waals surface area contributed by atoms with Gasteiger partial charge in [-0.05, 0) is 41.5 Å². The molecule has 12 nitrogen and oxygen atoms in total. The zero-order chi connectivity index (χ0) is 27.1. The molecule has 0 spiro atoms. The van der Waals surface area contributed by atoms with Crippen LogP contribution < -0.4 is 15.4 Å². The van der Waals surface area contributed by atoms with Crippen molar-refractivity contribution in [2.75, 3.05) is 25.6 Å². The van der Waals surface area contributed by atoms with Crippen molar-refractivity contribution in [3.8, 4) is 5.75 Å². The quantitative estimate of drug-likeness (QED) is 0.336. The van der Waals surface area contributed by atoms with Gasteiger partial charge in [-0.25, -0.2) is 14.8 Å². The first-order valence-corrected chi connectivity index (χ1v) is 11.6. The topological polar surface area (TPSA) is 160 Å². The molecule has 1 aliphatic heterocycles. The number of hydrogen-bond donors (Lipinski definition) is 3. The van der Waals surface area contributed by atoms with Crippen LogP contribution in [0.2, 0.25) is 0 Å². The van der Waals surface area contributed by atoms with Crippen LogP contribution in [-0.4, -0.2) is 64.0 Å². The fraction of sp³-hybridized carbons (Fsp3) is 0.231. The van der Waals surface area contributed by atoms with Gasteiger partial charge >= 0.3 is 11.9 Å². The van der Waals surface area contributed by atoms with E-state index in [1.165, 1.54) is 19.5 Å². The Bertz CT molecular complexity index is 1360. The molecular formula is C26H25N5O7. The van der Waals surface area contributed by atoms with E-state index in [0.717, 1.165) is 11.1 Å². The summed E-state index contributed by atoms with van der Waals surface area (Å²) >= 11 is 0. The van der Waals surface area contributed by atoms with Gasteiger partial charge in [0.05, 0.1) is 30.6 Å². The molecule has 3 N–H and O–H groups in total. The Hall–Kier alpha value is -4.84. The highest BCUT2D eigenvalue weighted by molar-refractivity contribution is 5.95. The number of carbonyl (C=O) groups is 4. The fourth-order valence-corrected chi connectivity index (χ4v) is 3.83. The fourth-order valence-electron chi connectivity index (χ4n) is 3.83. The van der Waals surface area contributed by atoms with E-state index in [9.17, 15) is 24.3 Å². The van der Waals surface area contributed by atoms with Gasteiger partial charge in [-0.2, -0.15) is 0 Å². The lowest BCUT2D eigenvalue weighted by molar-refractivity contribution is -0.138. The van der Waals surface area contributed by atoms with Crippen molar-refractivity contribution in [2.24, 2.45) is 0 Å². The molecular weight excluding hydrogens is 494 g/mol. The van der Waals surface area contributed by atoms with Crippen LogP contribution in [0.3, 0.4) is 0 Å². The van der Waals surface area contributed by atoms with Gasteiger partial charge in [0.2, 0.25) is 0 Å². The Balaban J connectivity index is 1.39. The Morgan fingerprint density at radius 3 is 2.58 bits per heavy atom. The molecule has 0 fully saturated rings. The van der Waals surface area contributed by atoms with E-state index in [4.69, 9.17) is 9.47 Å². The van der Waals surface area contributed by atoms with Gasteiger partial charge in [0.15, 0.2) is 6.61 Å². The molecule has 3 aromatic rings. The molecule has 4 rings (SSSR count). The number of anilines is 1. The minimum Gasteiger partial charge on any atom is -0.482 e. The van der Waals surface area contributed by atoms with Gasteiger partial charge < -0.3 is 25.2 Å². The number of esters is 1. The lowest BCUT2D eigenvalue weighted by Crippen LogP contribution is -2.30. The molecule has 1 aliphatic rings. The highest BCUT2D eigenvalue weighted by atomic mass is 16.5. The third kappa shape index (κ3) is 6.89. The highest BCUT2D eigenvalue weighted by Gasteiger charge is 2.17. The molecule has 12 heteroatoms. The predicted molar refractivity (Wildman–Crippen MR) is 133 cm³/mol. The number of carboxylic acids is 1. The first-order valence-electron chi connectivity index (χ1n) is 11.6. The number of carboxylic acid groups (broad SMARTS) is 1. The second-order valence-electron chi connectivity index (χ2n) is 8.47. The van der Waals surface area contributed by atoms with Crippen molar-refractivity contribution >= 4 is 29.4 Å². The average molecular weight is 520 g/mol. The second-order valence-corrected chi connectivity index (χ2v) is 8.47. The summed E-state index contributed by atoms with van der Waals surface area (Å²) in [7, 11) is 1.30. The maximum Gasteiger partial charge on any atom is 0.337 e. The number of nitrogens with one attached hydrogen (secondary N) is 2. The van der Waals surface area contributed by atoms with E-state index in [-0.39, 0.29) is 44.4 Å². The van der Waals surface area contributed by atoms with E-state index in [0.29, 0.717) is 22.7 Å². The number of aliphatic carboxylic acids is 1. The Morgan fingerprint density at radius 1 is 1.08 bits per heavy atom. The number of carbonyl (C=O) groups excluding carboxylic acids is 3. The van der Waals surface area contributed by atoms with Crippen LogP contribution in [0, 0.1) is 0 Å². The van der Waals surface area contributed by atoms with E-state index >= 15 is 0 Å². The lowest BCUT2D eigenvalue weighted by Gasteiger charge is -2.20. The van der Waals surface area contributed by atoms with Crippen LogP contribution in [-0.2, 0) is 34.0 Å². The summed E-state index contributed by atoms with van der Waals surface area (Å²) in [6.07, 6.45) is 1.25. The summed E-state index contributed by atoms with van der Waals surface area (Å²) in [5, 5.41) is 14.9. The molecule has 0 bridgehead atoms. The van der Waals surface area contributed by atoms with Crippen LogP contribution in [0.5, 0.6) is 5.75 Å². The number of amides is 2. The molecule has 0 radical (unpaired) electrons. The molecule has 2 aromatic carbocycles. The Morgan fingerprint density at radius 2 is 1.84 bits per heavy atom. The van der Waals surface area contributed by atoms with E-state index in [1.54, 1.807) is 47.4 Å². The molecule has 2 heterocycles. The molecule has 0 aliphatic carbocycles. The van der Waals surface area contributed by atoms with Gasteiger partial charge in [-0.15, -0.1) is 0 Å². The molecule has 0 unspecified atom stereocenters. The number of nitrogens with zero attached hydrogens (tertiary/aromatic N) is 3. The summed E-state index contributed by atoms with van der Waals surface area (Å²) in [5.41, 5.74) is 3.06. The molecule has 38 heavy (non-hydrogen) atoms. The standard InChI is InChI=1S/C26H25N5O7/c1-37-26(36)18-5-2-16(3-6-18)11-31(13-24(33)34)12-19-9-21(29-15-28-19)25(35)27-10-17-4-7-22-20(8-17)30-23(32)14-38-22/h2-9,15H,10-14H2,1H3,(H,27,35)(H,30,32)(H,33,34). The summed E-state index contributed by atoms with van der Waals surface area (Å²) in [6, 6.07) is 13.4. The van der Waals surface area contributed by atoms with Crippen LogP contribution in [0.25, 0.3) is 0 Å². The third-order valence-electron chi connectivity index (χ3n) is 5.61. The number of aromatic nitrogens is 2. The molecule has 0 saturated carbocycles. The number of methoxy groups -OCH3 is 1. The first-order chi connectivity index (χ1) is 18.3. The minimum absolute atomic E-state index is 0.0370. The highest BCUT2D eigenvalue weighted by Crippen LogP contribution is 2.28. The number of rotatable bonds is 10. The van der Waals surface area contributed by atoms with Gasteiger partial charge in [0.25, 0.3) is 11.8 Å². The van der Waals surface area contributed by atoms with E-state index in [2.05, 4.69) is 20.6 Å². The van der Waals surface area contributed by atoms with Crippen molar-refractivity contribution < 1.29 is 33.8 Å². The van der Waals surface area contributed by atoms with Crippen LogP contribution >= 0.6 is 0 Å². The largest absolute Gasteiger partial charge is 0.482 e. The zero-order valence-electron chi connectivity index (χ0n) is 20.5. The summed E-state index contributed by atoms with van der Waals surface area (Å²) in [6.45, 7) is 0.317. The van der Waals surface area contributed by atoms with Crippen molar-refractivity contribution in [2.45, 2.75) is 19.6 Å². The van der Waals surface area contributed by atoms with Gasteiger partial charge in [-0.1, -0.05) is 18.2 Å². The monoisotopic (exact) mass is 519 g/mol. The molecule has 196 valence electrons. The number of ether oxygens (including phenoxy) is 2. The number of hydrogen-bond acceptors (Lipinski definition) is 9. The predicted octanol–water partition coefficient (Wildman–Crippen LogP) is 1.61.